The van der Waals surface area contributed by atoms with Crippen LogP contribution in [0.15, 0.2) is 6.07 Å². The maximum atomic E-state index is 12.0. The van der Waals surface area contributed by atoms with E-state index in [-0.39, 0.29) is 17.6 Å². The number of carbonyl (C=O) groups is 2. The predicted molar refractivity (Wildman–Crippen MR) is 67.6 cm³/mol. The van der Waals surface area contributed by atoms with E-state index in [1.165, 1.54) is 11.8 Å². The van der Waals surface area contributed by atoms with E-state index in [0.717, 1.165) is 21.1 Å². The van der Waals surface area contributed by atoms with Gasteiger partial charge in [-0.1, -0.05) is 11.8 Å². The van der Waals surface area contributed by atoms with Crippen LogP contribution in [0.2, 0.25) is 0 Å². The summed E-state index contributed by atoms with van der Waals surface area (Å²) in [5.41, 5.74) is 0.771. The molecule has 0 aromatic carbocycles. The van der Waals surface area contributed by atoms with Gasteiger partial charge in [0.1, 0.15) is 0 Å². The molecule has 16 heavy (non-hydrogen) atoms. The minimum atomic E-state index is 0.0259. The number of Topliss-reactive ketones (excluding diaryl/α,β-unsaturated/α-hetero) is 1. The van der Waals surface area contributed by atoms with Crippen molar-refractivity contribution in [2.75, 3.05) is 18.8 Å². The van der Waals surface area contributed by atoms with Crippen molar-refractivity contribution in [3.63, 3.8) is 0 Å². The first-order chi connectivity index (χ1) is 7.58. The fourth-order valence-electron chi connectivity index (χ4n) is 1.74. The maximum absolute atomic E-state index is 12.0. The van der Waals surface area contributed by atoms with Crippen molar-refractivity contribution in [1.29, 1.82) is 0 Å². The summed E-state index contributed by atoms with van der Waals surface area (Å²) < 4.78 is 0. The Balaban J connectivity index is 2.08. The number of nitrogens with zero attached hydrogens (tertiary/aromatic N) is 1. The highest BCUT2D eigenvalue weighted by atomic mass is 32.2. The second kappa shape index (κ2) is 4.59. The van der Waals surface area contributed by atoms with E-state index in [4.69, 9.17) is 0 Å². The lowest BCUT2D eigenvalue weighted by Crippen LogP contribution is -2.29. The number of amides is 1. The molecule has 0 aliphatic carbocycles. The molecular weight excluding hydrogens is 242 g/mol. The monoisotopic (exact) mass is 255 g/mol. The number of aryl methyl sites for hydroxylation is 2. The first-order valence-electron chi connectivity index (χ1n) is 5.10. The van der Waals surface area contributed by atoms with Crippen LogP contribution in [0.25, 0.3) is 0 Å². The third-order valence-corrected chi connectivity index (χ3v) is 4.38. The van der Waals surface area contributed by atoms with Crippen LogP contribution < -0.4 is 0 Å². The molecule has 86 valence electrons. The van der Waals surface area contributed by atoms with E-state index in [2.05, 4.69) is 0 Å². The molecule has 1 saturated heterocycles. The fourth-order valence-corrected chi connectivity index (χ4v) is 3.50. The zero-order valence-electron chi connectivity index (χ0n) is 9.28. The van der Waals surface area contributed by atoms with E-state index >= 15 is 0 Å². The number of hydrogen-bond acceptors (Lipinski definition) is 4. The topological polar surface area (TPSA) is 37.4 Å². The van der Waals surface area contributed by atoms with Gasteiger partial charge in [0.05, 0.1) is 6.54 Å². The highest BCUT2D eigenvalue weighted by Crippen LogP contribution is 2.23. The summed E-state index contributed by atoms with van der Waals surface area (Å²) in [5.74, 6) is 0.853. The van der Waals surface area contributed by atoms with Gasteiger partial charge in [0.15, 0.2) is 5.78 Å². The Kier molecular flexibility index (Phi) is 3.35. The molecule has 1 aromatic heterocycles. The SMILES string of the molecule is Cc1cc(C(=O)CN2CCSC2=O)c(C)s1. The molecule has 0 unspecified atom stereocenters. The zero-order chi connectivity index (χ0) is 11.7. The van der Waals surface area contributed by atoms with E-state index < -0.39 is 0 Å². The summed E-state index contributed by atoms with van der Waals surface area (Å²) in [4.78, 5) is 27.2. The smallest absolute Gasteiger partial charge is 0.282 e. The number of thiophene rings is 1. The second-order valence-electron chi connectivity index (χ2n) is 3.79. The van der Waals surface area contributed by atoms with Gasteiger partial charge in [-0.2, -0.15) is 0 Å². The van der Waals surface area contributed by atoms with Gasteiger partial charge in [-0.05, 0) is 19.9 Å². The Morgan fingerprint density at radius 2 is 2.25 bits per heavy atom. The summed E-state index contributed by atoms with van der Waals surface area (Å²) in [7, 11) is 0. The minimum absolute atomic E-state index is 0.0259. The maximum Gasteiger partial charge on any atom is 0.282 e. The quantitative estimate of drug-likeness (QED) is 0.779. The molecule has 2 heterocycles. The summed E-state index contributed by atoms with van der Waals surface area (Å²) in [6, 6.07) is 1.91. The third-order valence-electron chi connectivity index (χ3n) is 2.52. The van der Waals surface area contributed by atoms with E-state index in [1.54, 1.807) is 16.2 Å². The van der Waals surface area contributed by atoms with Crippen LogP contribution in [0.5, 0.6) is 0 Å². The van der Waals surface area contributed by atoms with Crippen molar-refractivity contribution in [2.24, 2.45) is 0 Å². The van der Waals surface area contributed by atoms with Crippen molar-refractivity contribution < 1.29 is 9.59 Å². The predicted octanol–water partition coefficient (Wildman–Crippen LogP) is 2.72. The van der Waals surface area contributed by atoms with E-state index in [1.807, 2.05) is 19.9 Å². The van der Waals surface area contributed by atoms with Gasteiger partial charge in [0.25, 0.3) is 5.24 Å². The van der Waals surface area contributed by atoms with Gasteiger partial charge in [-0.15, -0.1) is 11.3 Å². The molecule has 1 aliphatic rings. The molecule has 1 amide bonds. The third kappa shape index (κ3) is 2.30. The van der Waals surface area contributed by atoms with Gasteiger partial charge in [0, 0.05) is 27.6 Å². The van der Waals surface area contributed by atoms with Crippen LogP contribution in [-0.4, -0.2) is 34.8 Å². The molecule has 0 radical (unpaired) electrons. The average molecular weight is 255 g/mol. The van der Waals surface area contributed by atoms with Crippen LogP contribution in [0.3, 0.4) is 0 Å². The van der Waals surface area contributed by atoms with Crippen molar-refractivity contribution >= 4 is 34.1 Å². The zero-order valence-corrected chi connectivity index (χ0v) is 10.9. The first kappa shape index (κ1) is 11.7. The number of carbonyl (C=O) groups excluding carboxylic acids is 2. The Labute approximate surface area is 103 Å². The van der Waals surface area contributed by atoms with Crippen LogP contribution >= 0.6 is 23.1 Å². The Hall–Kier alpha value is -0.810. The van der Waals surface area contributed by atoms with Crippen LogP contribution in [0.4, 0.5) is 4.79 Å². The lowest BCUT2D eigenvalue weighted by atomic mass is 10.1. The van der Waals surface area contributed by atoms with Crippen molar-refractivity contribution in [3.05, 3.63) is 21.4 Å². The fraction of sp³-hybridized carbons (Fsp3) is 0.455. The molecule has 0 saturated carbocycles. The average Bonchev–Trinajstić information content (AvgIpc) is 2.74. The molecular formula is C11H13NO2S2. The second-order valence-corrected chi connectivity index (χ2v) is 6.29. The molecule has 1 aliphatic heterocycles. The Morgan fingerprint density at radius 3 is 2.75 bits per heavy atom. The molecule has 0 spiro atoms. The van der Waals surface area contributed by atoms with E-state index in [0.29, 0.717) is 6.54 Å². The van der Waals surface area contributed by atoms with Crippen molar-refractivity contribution in [1.82, 2.24) is 4.90 Å². The lowest BCUT2D eigenvalue weighted by Gasteiger charge is -2.12. The van der Waals surface area contributed by atoms with Gasteiger partial charge in [0.2, 0.25) is 0 Å². The van der Waals surface area contributed by atoms with Gasteiger partial charge in [-0.25, -0.2) is 0 Å². The van der Waals surface area contributed by atoms with Gasteiger partial charge >= 0.3 is 0 Å². The van der Waals surface area contributed by atoms with Crippen LogP contribution in [-0.2, 0) is 0 Å². The van der Waals surface area contributed by atoms with Gasteiger partial charge < -0.3 is 4.90 Å². The molecule has 0 bridgehead atoms. The molecule has 0 N–H and O–H groups in total. The molecule has 1 fully saturated rings. The molecule has 0 atom stereocenters. The Morgan fingerprint density at radius 1 is 1.50 bits per heavy atom. The van der Waals surface area contributed by atoms with Gasteiger partial charge in [-0.3, -0.25) is 9.59 Å². The normalized spacial score (nSPS) is 15.9. The van der Waals surface area contributed by atoms with Crippen molar-refractivity contribution in [3.8, 4) is 0 Å². The summed E-state index contributed by atoms with van der Waals surface area (Å²) >= 11 is 2.92. The highest BCUT2D eigenvalue weighted by molar-refractivity contribution is 8.13. The number of thioether (sulfide) groups is 1. The molecule has 2 rings (SSSR count). The number of rotatable bonds is 3. The minimum Gasteiger partial charge on any atom is -0.325 e. The number of ketones is 1. The van der Waals surface area contributed by atoms with Crippen LogP contribution in [0, 0.1) is 13.8 Å². The number of hydrogen-bond donors (Lipinski definition) is 0. The summed E-state index contributed by atoms with van der Waals surface area (Å²) in [6.45, 7) is 4.86. The summed E-state index contributed by atoms with van der Waals surface area (Å²) in [6.07, 6.45) is 0. The van der Waals surface area contributed by atoms with E-state index in [9.17, 15) is 9.59 Å². The Bertz CT molecular complexity index is 439. The largest absolute Gasteiger partial charge is 0.325 e. The highest BCUT2D eigenvalue weighted by Gasteiger charge is 2.24. The van der Waals surface area contributed by atoms with Crippen molar-refractivity contribution in [2.45, 2.75) is 13.8 Å². The van der Waals surface area contributed by atoms with Crippen LogP contribution in [0.1, 0.15) is 20.1 Å². The molecule has 3 nitrogen and oxygen atoms in total. The first-order valence-corrected chi connectivity index (χ1v) is 6.90. The molecule has 5 heteroatoms. The lowest BCUT2D eigenvalue weighted by molar-refractivity contribution is 0.0956. The standard InChI is InChI=1S/C11H13NO2S2/c1-7-5-9(8(2)16-7)10(13)6-12-3-4-15-11(12)14/h5H,3-4,6H2,1-2H3. The molecule has 1 aromatic rings. The summed E-state index contributed by atoms with van der Waals surface area (Å²) in [5, 5.41) is 0.0259.